The molecule has 3 aromatic rings. The molecule has 1 aliphatic rings. The second-order valence-electron chi connectivity index (χ2n) is 7.11. The maximum Gasteiger partial charge on any atom is 0.234 e. The Hall–Kier alpha value is -2.23. The summed E-state index contributed by atoms with van der Waals surface area (Å²) in [5, 5.41) is 12.4. The number of pyridine rings is 1. The highest BCUT2D eigenvalue weighted by molar-refractivity contribution is 9.10. The molecule has 1 aliphatic heterocycles. The molecule has 1 aromatic carbocycles. The molecule has 30 heavy (non-hydrogen) atoms. The summed E-state index contributed by atoms with van der Waals surface area (Å²) in [6.45, 7) is 3.46. The SMILES string of the molecule is Cc1ccc(NC(=O)CSc2nnc(-c3ccncc3)n2CC2CCCO2)c(Br)c1. The number of anilines is 1. The third-order valence-corrected chi connectivity index (χ3v) is 6.42. The first kappa shape index (κ1) is 21.0. The lowest BCUT2D eigenvalue weighted by atomic mass is 10.2. The van der Waals surface area contributed by atoms with E-state index < -0.39 is 0 Å². The topological polar surface area (TPSA) is 81.9 Å². The minimum Gasteiger partial charge on any atom is -0.376 e. The normalized spacial score (nSPS) is 16.0. The van der Waals surface area contributed by atoms with Gasteiger partial charge in [0.2, 0.25) is 5.91 Å². The van der Waals surface area contributed by atoms with E-state index in [1.807, 2.05) is 41.8 Å². The van der Waals surface area contributed by atoms with Crippen molar-refractivity contribution in [1.29, 1.82) is 0 Å². The molecule has 2 aromatic heterocycles. The Morgan fingerprint density at radius 2 is 2.13 bits per heavy atom. The molecule has 1 amide bonds. The fourth-order valence-corrected chi connectivity index (χ4v) is 4.64. The molecular weight excluding hydrogens is 466 g/mol. The quantitative estimate of drug-likeness (QED) is 0.499. The number of carbonyl (C=O) groups excluding carboxylic acids is 1. The number of rotatable bonds is 7. The average molecular weight is 488 g/mol. The van der Waals surface area contributed by atoms with Crippen LogP contribution in [0.4, 0.5) is 5.69 Å². The van der Waals surface area contributed by atoms with E-state index >= 15 is 0 Å². The fraction of sp³-hybridized carbons (Fsp3) is 0.333. The first-order valence-corrected chi connectivity index (χ1v) is 11.5. The minimum absolute atomic E-state index is 0.0957. The molecule has 7 nitrogen and oxygen atoms in total. The summed E-state index contributed by atoms with van der Waals surface area (Å²) in [6.07, 6.45) is 5.69. The van der Waals surface area contributed by atoms with Gasteiger partial charge in [-0.15, -0.1) is 10.2 Å². The molecule has 1 unspecified atom stereocenters. The molecule has 0 saturated carbocycles. The van der Waals surface area contributed by atoms with Crippen molar-refractivity contribution in [2.75, 3.05) is 17.7 Å². The lowest BCUT2D eigenvalue weighted by molar-refractivity contribution is -0.113. The number of aromatic nitrogens is 4. The summed E-state index contributed by atoms with van der Waals surface area (Å²) in [4.78, 5) is 16.6. The van der Waals surface area contributed by atoms with Gasteiger partial charge in [0.25, 0.3) is 0 Å². The van der Waals surface area contributed by atoms with Gasteiger partial charge in [-0.3, -0.25) is 14.3 Å². The number of amides is 1. The highest BCUT2D eigenvalue weighted by Crippen LogP contribution is 2.27. The lowest BCUT2D eigenvalue weighted by Gasteiger charge is -2.14. The van der Waals surface area contributed by atoms with Crippen molar-refractivity contribution in [3.05, 3.63) is 52.8 Å². The largest absolute Gasteiger partial charge is 0.376 e. The summed E-state index contributed by atoms with van der Waals surface area (Å²) < 4.78 is 8.73. The number of benzene rings is 1. The van der Waals surface area contributed by atoms with Crippen molar-refractivity contribution in [2.45, 2.75) is 37.6 Å². The van der Waals surface area contributed by atoms with E-state index in [2.05, 4.69) is 36.4 Å². The Morgan fingerprint density at radius 3 is 2.87 bits per heavy atom. The van der Waals surface area contributed by atoms with Crippen LogP contribution in [0.2, 0.25) is 0 Å². The predicted molar refractivity (Wildman–Crippen MR) is 120 cm³/mol. The Bertz CT molecular complexity index is 1020. The number of nitrogens with zero attached hydrogens (tertiary/aromatic N) is 4. The van der Waals surface area contributed by atoms with Crippen LogP contribution in [0, 0.1) is 6.92 Å². The van der Waals surface area contributed by atoms with Crippen LogP contribution >= 0.6 is 27.7 Å². The van der Waals surface area contributed by atoms with E-state index in [4.69, 9.17) is 4.74 Å². The van der Waals surface area contributed by atoms with Crippen LogP contribution in [0.3, 0.4) is 0 Å². The molecule has 1 atom stereocenters. The molecule has 3 heterocycles. The highest BCUT2D eigenvalue weighted by atomic mass is 79.9. The number of hydrogen-bond acceptors (Lipinski definition) is 6. The molecule has 1 saturated heterocycles. The second kappa shape index (κ2) is 9.72. The van der Waals surface area contributed by atoms with Crippen LogP contribution in [0.15, 0.2) is 52.4 Å². The van der Waals surface area contributed by atoms with Gasteiger partial charge in [-0.05, 0) is 65.5 Å². The van der Waals surface area contributed by atoms with Gasteiger partial charge in [0, 0.05) is 29.0 Å². The van der Waals surface area contributed by atoms with Crippen LogP contribution in [0.5, 0.6) is 0 Å². The maximum absolute atomic E-state index is 12.5. The Kier molecular flexibility index (Phi) is 6.81. The third-order valence-electron chi connectivity index (χ3n) is 4.80. The zero-order valence-electron chi connectivity index (χ0n) is 16.5. The molecular formula is C21H22BrN5O2S. The first-order valence-electron chi connectivity index (χ1n) is 9.74. The van der Waals surface area contributed by atoms with Crippen molar-refractivity contribution < 1.29 is 9.53 Å². The van der Waals surface area contributed by atoms with Gasteiger partial charge in [0.1, 0.15) is 0 Å². The molecule has 0 spiro atoms. The number of halogens is 1. The number of hydrogen-bond donors (Lipinski definition) is 1. The molecule has 1 fully saturated rings. The monoisotopic (exact) mass is 487 g/mol. The maximum atomic E-state index is 12.5. The van der Waals surface area contributed by atoms with Crippen LogP contribution in [0.1, 0.15) is 18.4 Å². The summed E-state index contributed by atoms with van der Waals surface area (Å²) in [5.41, 5.74) is 2.82. The van der Waals surface area contributed by atoms with Gasteiger partial charge in [-0.2, -0.15) is 0 Å². The number of carbonyl (C=O) groups is 1. The zero-order valence-corrected chi connectivity index (χ0v) is 18.9. The molecule has 0 bridgehead atoms. The summed E-state index contributed by atoms with van der Waals surface area (Å²) in [5.74, 6) is 0.902. The van der Waals surface area contributed by atoms with E-state index in [1.54, 1.807) is 12.4 Å². The molecule has 9 heteroatoms. The molecule has 4 rings (SSSR count). The number of thioether (sulfide) groups is 1. The Balaban J connectivity index is 1.48. The van der Waals surface area contributed by atoms with Gasteiger partial charge in [0.05, 0.1) is 24.1 Å². The Labute approximate surface area is 187 Å². The van der Waals surface area contributed by atoms with Crippen LogP contribution in [0.25, 0.3) is 11.4 Å². The van der Waals surface area contributed by atoms with Crippen molar-refractivity contribution in [1.82, 2.24) is 19.7 Å². The van der Waals surface area contributed by atoms with Crippen molar-refractivity contribution >= 4 is 39.3 Å². The van der Waals surface area contributed by atoms with Gasteiger partial charge < -0.3 is 10.1 Å². The predicted octanol–water partition coefficient (Wildman–Crippen LogP) is 4.32. The molecule has 156 valence electrons. The van der Waals surface area contributed by atoms with E-state index in [-0.39, 0.29) is 17.8 Å². The molecule has 1 N–H and O–H groups in total. The van der Waals surface area contributed by atoms with Crippen molar-refractivity contribution in [2.24, 2.45) is 0 Å². The summed E-state index contributed by atoms with van der Waals surface area (Å²) in [6, 6.07) is 9.65. The van der Waals surface area contributed by atoms with Crippen LogP contribution in [-0.2, 0) is 16.1 Å². The number of ether oxygens (including phenoxy) is 1. The van der Waals surface area contributed by atoms with Gasteiger partial charge in [0.15, 0.2) is 11.0 Å². The van der Waals surface area contributed by atoms with E-state index in [0.717, 1.165) is 46.6 Å². The van der Waals surface area contributed by atoms with Crippen LogP contribution in [-0.4, -0.2) is 44.1 Å². The third kappa shape index (κ3) is 5.08. The van der Waals surface area contributed by atoms with Crippen molar-refractivity contribution in [3.8, 4) is 11.4 Å². The smallest absolute Gasteiger partial charge is 0.234 e. The molecule has 0 radical (unpaired) electrons. The van der Waals surface area contributed by atoms with Crippen molar-refractivity contribution in [3.63, 3.8) is 0 Å². The average Bonchev–Trinajstić information content (AvgIpc) is 3.40. The highest BCUT2D eigenvalue weighted by Gasteiger charge is 2.22. The van der Waals surface area contributed by atoms with Crippen LogP contribution < -0.4 is 5.32 Å². The van der Waals surface area contributed by atoms with Gasteiger partial charge in [-0.25, -0.2) is 0 Å². The van der Waals surface area contributed by atoms with E-state index in [0.29, 0.717) is 11.7 Å². The lowest BCUT2D eigenvalue weighted by Crippen LogP contribution is -2.18. The van der Waals surface area contributed by atoms with E-state index in [1.165, 1.54) is 11.8 Å². The molecule has 0 aliphatic carbocycles. The number of aryl methyl sites for hydroxylation is 1. The van der Waals surface area contributed by atoms with E-state index in [9.17, 15) is 4.79 Å². The standard InChI is InChI=1S/C21H22BrN5O2S/c1-14-4-5-18(17(22)11-14)24-19(28)13-30-21-26-25-20(15-6-8-23-9-7-15)27(21)12-16-3-2-10-29-16/h4-9,11,16H,2-3,10,12-13H2,1H3,(H,24,28). The minimum atomic E-state index is -0.0957. The van der Waals surface area contributed by atoms with Gasteiger partial charge in [-0.1, -0.05) is 17.8 Å². The fourth-order valence-electron chi connectivity index (χ4n) is 3.30. The van der Waals surface area contributed by atoms with Gasteiger partial charge >= 0.3 is 0 Å². The summed E-state index contributed by atoms with van der Waals surface area (Å²) >= 11 is 4.87. The second-order valence-corrected chi connectivity index (χ2v) is 8.90. The number of nitrogens with one attached hydrogen (secondary N) is 1. The zero-order chi connectivity index (χ0) is 20.9. The Morgan fingerprint density at radius 1 is 1.30 bits per heavy atom. The summed E-state index contributed by atoms with van der Waals surface area (Å²) in [7, 11) is 0. The first-order chi connectivity index (χ1) is 14.6.